The highest BCUT2D eigenvalue weighted by Gasteiger charge is 2.22. The zero-order chi connectivity index (χ0) is 10.6. The summed E-state index contributed by atoms with van der Waals surface area (Å²) >= 11 is 0. The second kappa shape index (κ2) is 4.71. The third kappa shape index (κ3) is 6.71. The van der Waals surface area contributed by atoms with Crippen molar-refractivity contribution in [2.45, 2.75) is 40.2 Å². The van der Waals surface area contributed by atoms with Gasteiger partial charge in [-0.25, -0.2) is 0 Å². The minimum Gasteiger partial charge on any atom is -0.343 e. The number of nitrogens with one attached hydrogen (secondary N) is 1. The van der Waals surface area contributed by atoms with Crippen LogP contribution in [0.3, 0.4) is 0 Å². The van der Waals surface area contributed by atoms with Crippen LogP contribution in [0.5, 0.6) is 0 Å². The number of carbonyl (C=O) groups is 2. The average molecular weight is 203 g/mol. The van der Waals surface area contributed by atoms with E-state index in [2.05, 4.69) is 5.32 Å². The normalized spacial score (nSPS) is 13.6. The molecule has 3 nitrogen and oxygen atoms in total. The Morgan fingerprint density at radius 3 is 2.08 bits per heavy atom. The Labute approximate surface area is 81.9 Å². The minimum absolute atomic E-state index is 0.00530. The first-order valence-corrected chi connectivity index (χ1v) is 4.86. The molecule has 0 aliphatic heterocycles. The Morgan fingerprint density at radius 2 is 1.85 bits per heavy atom. The highest BCUT2D eigenvalue weighted by atomic mass is 31.0. The van der Waals surface area contributed by atoms with Crippen molar-refractivity contribution in [3.05, 3.63) is 0 Å². The quantitative estimate of drug-likeness (QED) is 0.713. The van der Waals surface area contributed by atoms with Gasteiger partial charge in [0.2, 0.25) is 5.65 Å². The summed E-state index contributed by atoms with van der Waals surface area (Å²) in [6, 6.07) is -0.356. The maximum Gasteiger partial charge on any atom is 0.235 e. The van der Waals surface area contributed by atoms with Crippen LogP contribution in [0.4, 0.5) is 4.79 Å². The lowest BCUT2D eigenvalue weighted by Crippen LogP contribution is -2.39. The highest BCUT2D eigenvalue weighted by Crippen LogP contribution is 2.21. The van der Waals surface area contributed by atoms with Crippen LogP contribution in [0.25, 0.3) is 0 Å². The van der Waals surface area contributed by atoms with Crippen molar-refractivity contribution in [2.24, 2.45) is 5.41 Å². The van der Waals surface area contributed by atoms with Gasteiger partial charge in [0.05, 0.1) is 6.04 Å². The Bertz CT molecular complexity index is 208. The Hall–Kier alpha value is -0.430. The molecule has 13 heavy (non-hydrogen) atoms. The van der Waals surface area contributed by atoms with E-state index in [1.807, 2.05) is 30.0 Å². The number of ketones is 1. The van der Waals surface area contributed by atoms with Gasteiger partial charge >= 0.3 is 0 Å². The van der Waals surface area contributed by atoms with Crippen LogP contribution >= 0.6 is 9.24 Å². The molecule has 0 bridgehead atoms. The van der Waals surface area contributed by atoms with Crippen LogP contribution in [0.1, 0.15) is 34.1 Å². The number of carbonyl (C=O) groups excluding carboxylic acids is 2. The number of amides is 1. The molecule has 0 heterocycles. The lowest BCUT2D eigenvalue weighted by molar-refractivity contribution is -0.119. The molecule has 0 rings (SSSR count). The van der Waals surface area contributed by atoms with E-state index in [0.29, 0.717) is 6.42 Å². The summed E-state index contributed by atoms with van der Waals surface area (Å²) in [4.78, 5) is 21.9. The number of hydrogen-bond acceptors (Lipinski definition) is 2. The standard InChI is InChI=1S/C9H18NO2P/c1-6(11)7(10-8(12)13)5-9(2,3)4/h7H,5,13H2,1-4H3,(H,10,12)/t7-/m0/s1. The van der Waals surface area contributed by atoms with Gasteiger partial charge in [-0.15, -0.1) is 0 Å². The molecule has 0 saturated heterocycles. The summed E-state index contributed by atoms with van der Waals surface area (Å²) in [5.74, 6) is 0.00530. The van der Waals surface area contributed by atoms with E-state index in [1.54, 1.807) is 0 Å². The first kappa shape index (κ1) is 12.6. The molecule has 1 N–H and O–H groups in total. The molecule has 0 radical (unpaired) electrons. The number of Topliss-reactive ketones (excluding diaryl/α,β-unsaturated/α-hetero) is 1. The van der Waals surface area contributed by atoms with Crippen LogP contribution in [0.15, 0.2) is 0 Å². The van der Waals surface area contributed by atoms with Crippen LogP contribution in [-0.4, -0.2) is 17.5 Å². The van der Waals surface area contributed by atoms with E-state index >= 15 is 0 Å². The molecular formula is C9H18NO2P. The monoisotopic (exact) mass is 203 g/mol. The summed E-state index contributed by atoms with van der Waals surface area (Å²) in [6.07, 6.45) is 0.669. The van der Waals surface area contributed by atoms with Gasteiger partial charge in [0.15, 0.2) is 5.78 Å². The molecule has 2 atom stereocenters. The molecule has 0 aliphatic rings. The molecule has 0 aromatic heterocycles. The molecule has 0 spiro atoms. The fourth-order valence-electron chi connectivity index (χ4n) is 1.08. The molecule has 0 aromatic carbocycles. The average Bonchev–Trinajstić information content (AvgIpc) is 1.81. The Kier molecular flexibility index (Phi) is 4.55. The largest absolute Gasteiger partial charge is 0.343 e. The predicted octanol–water partition coefficient (Wildman–Crippen LogP) is 1.96. The molecule has 0 fully saturated rings. The second-order valence-corrected chi connectivity index (χ2v) is 4.96. The number of rotatable bonds is 3. The first-order chi connectivity index (χ1) is 5.72. The molecule has 0 aromatic rings. The van der Waals surface area contributed by atoms with E-state index in [-0.39, 0.29) is 22.9 Å². The van der Waals surface area contributed by atoms with Crippen molar-refractivity contribution in [3.63, 3.8) is 0 Å². The van der Waals surface area contributed by atoms with E-state index < -0.39 is 0 Å². The SMILES string of the molecule is CC(=O)[C@H](CC(C)(C)C)NC(=O)P. The summed E-state index contributed by atoms with van der Waals surface area (Å²) in [6.45, 7) is 7.62. The summed E-state index contributed by atoms with van der Waals surface area (Å²) in [5.41, 5.74) is -0.187. The summed E-state index contributed by atoms with van der Waals surface area (Å²) < 4.78 is 0. The van der Waals surface area contributed by atoms with E-state index in [1.165, 1.54) is 6.92 Å². The van der Waals surface area contributed by atoms with E-state index in [0.717, 1.165) is 0 Å². The molecule has 1 amide bonds. The maximum absolute atomic E-state index is 11.1. The fraction of sp³-hybridized carbons (Fsp3) is 0.778. The third-order valence-corrected chi connectivity index (χ3v) is 1.79. The molecule has 0 saturated carbocycles. The van der Waals surface area contributed by atoms with Crippen molar-refractivity contribution in [1.29, 1.82) is 0 Å². The van der Waals surface area contributed by atoms with Gasteiger partial charge in [0.25, 0.3) is 0 Å². The number of hydrogen-bond donors (Lipinski definition) is 1. The smallest absolute Gasteiger partial charge is 0.235 e. The lowest BCUT2D eigenvalue weighted by atomic mass is 9.87. The zero-order valence-electron chi connectivity index (χ0n) is 8.68. The zero-order valence-corrected chi connectivity index (χ0v) is 9.83. The topological polar surface area (TPSA) is 46.2 Å². The Morgan fingerprint density at radius 1 is 1.38 bits per heavy atom. The van der Waals surface area contributed by atoms with Crippen LogP contribution in [-0.2, 0) is 4.79 Å². The van der Waals surface area contributed by atoms with Crippen molar-refractivity contribution in [1.82, 2.24) is 5.32 Å². The van der Waals surface area contributed by atoms with Gasteiger partial charge in [-0.05, 0) is 28.0 Å². The van der Waals surface area contributed by atoms with E-state index in [9.17, 15) is 9.59 Å². The van der Waals surface area contributed by atoms with Gasteiger partial charge in [-0.3, -0.25) is 9.59 Å². The summed E-state index contributed by atoms with van der Waals surface area (Å²) in [5, 5.41) is 2.61. The predicted molar refractivity (Wildman–Crippen MR) is 56.8 cm³/mol. The maximum atomic E-state index is 11.1. The van der Waals surface area contributed by atoms with Crippen LogP contribution in [0, 0.1) is 5.41 Å². The molecular weight excluding hydrogens is 185 g/mol. The van der Waals surface area contributed by atoms with Gasteiger partial charge < -0.3 is 5.32 Å². The lowest BCUT2D eigenvalue weighted by Gasteiger charge is -2.24. The van der Waals surface area contributed by atoms with Gasteiger partial charge in [-0.2, -0.15) is 0 Å². The molecule has 4 heteroatoms. The molecule has 1 unspecified atom stereocenters. The van der Waals surface area contributed by atoms with Crippen molar-refractivity contribution < 1.29 is 9.59 Å². The fourth-order valence-corrected chi connectivity index (χ4v) is 1.28. The minimum atomic E-state index is -0.356. The van der Waals surface area contributed by atoms with Crippen molar-refractivity contribution in [3.8, 4) is 0 Å². The van der Waals surface area contributed by atoms with Gasteiger partial charge in [0, 0.05) is 0 Å². The van der Waals surface area contributed by atoms with Gasteiger partial charge in [0.1, 0.15) is 0 Å². The van der Waals surface area contributed by atoms with Crippen molar-refractivity contribution in [2.75, 3.05) is 0 Å². The summed E-state index contributed by atoms with van der Waals surface area (Å²) in [7, 11) is 2.02. The van der Waals surface area contributed by atoms with Crippen LogP contribution < -0.4 is 5.32 Å². The third-order valence-electron chi connectivity index (χ3n) is 1.62. The Balaban J connectivity index is 4.27. The van der Waals surface area contributed by atoms with Crippen molar-refractivity contribution >= 4 is 20.7 Å². The second-order valence-electron chi connectivity index (χ2n) is 4.44. The van der Waals surface area contributed by atoms with Crippen LogP contribution in [0.2, 0.25) is 0 Å². The highest BCUT2D eigenvalue weighted by molar-refractivity contribution is 7.39. The molecule has 0 aliphatic carbocycles. The van der Waals surface area contributed by atoms with E-state index in [4.69, 9.17) is 0 Å². The first-order valence-electron chi connectivity index (χ1n) is 4.29. The van der Waals surface area contributed by atoms with Gasteiger partial charge in [-0.1, -0.05) is 20.8 Å². The molecule has 76 valence electrons.